The number of benzene rings is 1. The summed E-state index contributed by atoms with van der Waals surface area (Å²) in [6.45, 7) is 4.08. The van der Waals surface area contributed by atoms with E-state index in [1.807, 2.05) is 6.92 Å². The molecule has 1 heterocycles. The van der Waals surface area contributed by atoms with Crippen molar-refractivity contribution in [1.29, 1.82) is 0 Å². The van der Waals surface area contributed by atoms with E-state index in [0.717, 1.165) is 19.3 Å². The average molecular weight is 401 g/mol. The molecule has 0 bridgehead atoms. The minimum Gasteiger partial charge on any atom is -0.506 e. The molecule has 0 aliphatic rings. The maximum absolute atomic E-state index is 12.7. The zero-order chi connectivity index (χ0) is 21.2. The van der Waals surface area contributed by atoms with E-state index in [2.05, 4.69) is 12.2 Å². The second-order valence-electron chi connectivity index (χ2n) is 7.36. The van der Waals surface area contributed by atoms with Gasteiger partial charge in [-0.2, -0.15) is 0 Å². The molecule has 6 nitrogen and oxygen atoms in total. The summed E-state index contributed by atoms with van der Waals surface area (Å²) < 4.78 is 1.46. The third kappa shape index (κ3) is 5.92. The first kappa shape index (κ1) is 22.7. The fourth-order valence-electron chi connectivity index (χ4n) is 3.55. The molecule has 1 aromatic carbocycles. The molecule has 6 heteroatoms. The molecule has 1 amide bonds. The van der Waals surface area contributed by atoms with Crippen molar-refractivity contribution < 1.29 is 14.7 Å². The van der Waals surface area contributed by atoms with Crippen LogP contribution in [-0.4, -0.2) is 27.9 Å². The van der Waals surface area contributed by atoms with Crippen LogP contribution in [0.25, 0.3) is 10.9 Å². The number of unbranched alkanes of at least 4 members (excludes halogenated alkanes) is 6. The largest absolute Gasteiger partial charge is 0.506 e. The molecule has 2 N–H and O–H groups in total. The molecule has 158 valence electrons. The zero-order valence-electron chi connectivity index (χ0n) is 17.5. The topological polar surface area (TPSA) is 88.4 Å². The van der Waals surface area contributed by atoms with E-state index in [1.165, 1.54) is 30.3 Å². The Hall–Kier alpha value is -2.63. The Bertz CT molecular complexity index is 902. The molecule has 2 rings (SSSR count). The molecule has 0 fully saturated rings. The number of nitrogens with one attached hydrogen (secondary N) is 1. The van der Waals surface area contributed by atoms with Crippen molar-refractivity contribution in [3.63, 3.8) is 0 Å². The van der Waals surface area contributed by atoms with Crippen molar-refractivity contribution in [2.24, 2.45) is 0 Å². The number of hydrogen-bond acceptors (Lipinski definition) is 4. The van der Waals surface area contributed by atoms with Crippen LogP contribution in [0.4, 0.5) is 0 Å². The Morgan fingerprint density at radius 1 is 1.00 bits per heavy atom. The molecular formula is C23H32N2O4. The van der Waals surface area contributed by atoms with Crippen LogP contribution >= 0.6 is 0 Å². The van der Waals surface area contributed by atoms with Gasteiger partial charge in [-0.3, -0.25) is 14.4 Å². The molecule has 0 unspecified atom stereocenters. The number of aryl methyl sites for hydroxylation is 1. The first-order chi connectivity index (χ1) is 14.0. The number of amides is 1. The highest BCUT2D eigenvalue weighted by Crippen LogP contribution is 2.26. The summed E-state index contributed by atoms with van der Waals surface area (Å²) in [5.74, 6) is -1.10. The smallest absolute Gasteiger partial charge is 0.265 e. The highest BCUT2D eigenvalue weighted by molar-refractivity contribution is 6.05. The van der Waals surface area contributed by atoms with Gasteiger partial charge in [0.05, 0.1) is 12.1 Å². The van der Waals surface area contributed by atoms with Crippen LogP contribution in [0.15, 0.2) is 29.1 Å². The van der Waals surface area contributed by atoms with Crippen LogP contribution in [0, 0.1) is 0 Å². The fraction of sp³-hybridized carbons (Fsp3) is 0.522. The SMILES string of the molecule is CCCCCCCCCC(=O)NCC(=O)c1c(O)c2ccccc2n(CC)c1=O. The number of carbonyl (C=O) groups excluding carboxylic acids is 2. The van der Waals surface area contributed by atoms with E-state index in [1.54, 1.807) is 24.3 Å². The average Bonchev–Trinajstić information content (AvgIpc) is 2.72. The van der Waals surface area contributed by atoms with Gasteiger partial charge in [0.1, 0.15) is 11.3 Å². The van der Waals surface area contributed by atoms with Crippen molar-refractivity contribution in [3.8, 4) is 5.75 Å². The number of aromatic nitrogens is 1. The first-order valence-electron chi connectivity index (χ1n) is 10.7. The van der Waals surface area contributed by atoms with Gasteiger partial charge >= 0.3 is 0 Å². The number of nitrogens with zero attached hydrogens (tertiary/aromatic N) is 1. The van der Waals surface area contributed by atoms with Crippen molar-refractivity contribution in [2.75, 3.05) is 6.54 Å². The molecule has 0 aliphatic carbocycles. The van der Waals surface area contributed by atoms with E-state index in [-0.39, 0.29) is 23.8 Å². The molecule has 0 atom stereocenters. The van der Waals surface area contributed by atoms with Gasteiger partial charge < -0.3 is 15.0 Å². The van der Waals surface area contributed by atoms with Crippen molar-refractivity contribution >= 4 is 22.6 Å². The Labute approximate surface area is 171 Å². The van der Waals surface area contributed by atoms with Gasteiger partial charge in [-0.15, -0.1) is 0 Å². The van der Waals surface area contributed by atoms with E-state index in [0.29, 0.717) is 23.9 Å². The number of hydrogen-bond donors (Lipinski definition) is 2. The van der Waals surface area contributed by atoms with Crippen LogP contribution in [0.2, 0.25) is 0 Å². The van der Waals surface area contributed by atoms with Crippen LogP contribution in [0.3, 0.4) is 0 Å². The Kier molecular flexibility index (Phi) is 8.90. The Morgan fingerprint density at radius 2 is 1.66 bits per heavy atom. The van der Waals surface area contributed by atoms with Crippen LogP contribution < -0.4 is 10.9 Å². The number of pyridine rings is 1. The molecule has 0 aliphatic heterocycles. The molecule has 1 aromatic heterocycles. The lowest BCUT2D eigenvalue weighted by Crippen LogP contribution is -2.34. The highest BCUT2D eigenvalue weighted by Gasteiger charge is 2.21. The quantitative estimate of drug-likeness (QED) is 0.413. The lowest BCUT2D eigenvalue weighted by atomic mass is 10.1. The lowest BCUT2D eigenvalue weighted by molar-refractivity contribution is -0.121. The monoisotopic (exact) mass is 400 g/mol. The van der Waals surface area contributed by atoms with E-state index >= 15 is 0 Å². The molecular weight excluding hydrogens is 368 g/mol. The molecule has 29 heavy (non-hydrogen) atoms. The lowest BCUT2D eigenvalue weighted by Gasteiger charge is -2.13. The summed E-state index contributed by atoms with van der Waals surface area (Å²) in [5.41, 5.74) is -0.214. The summed E-state index contributed by atoms with van der Waals surface area (Å²) in [5, 5.41) is 13.5. The molecule has 0 radical (unpaired) electrons. The fourth-order valence-corrected chi connectivity index (χ4v) is 3.55. The van der Waals surface area contributed by atoms with Crippen molar-refractivity contribution in [3.05, 3.63) is 40.2 Å². The third-order valence-corrected chi connectivity index (χ3v) is 5.19. The summed E-state index contributed by atoms with van der Waals surface area (Å²) in [6.07, 6.45) is 8.17. The summed E-state index contributed by atoms with van der Waals surface area (Å²) in [7, 11) is 0. The number of fused-ring (bicyclic) bond motifs is 1. The van der Waals surface area contributed by atoms with Gasteiger partial charge in [0.25, 0.3) is 5.56 Å². The van der Waals surface area contributed by atoms with Crippen LogP contribution in [-0.2, 0) is 11.3 Å². The van der Waals surface area contributed by atoms with Gasteiger partial charge in [0.15, 0.2) is 5.78 Å². The maximum atomic E-state index is 12.7. The van der Waals surface area contributed by atoms with E-state index < -0.39 is 11.3 Å². The first-order valence-corrected chi connectivity index (χ1v) is 10.7. The number of ketones is 1. The predicted octanol–water partition coefficient (Wildman–Crippen LogP) is 4.17. The van der Waals surface area contributed by atoms with Crippen molar-refractivity contribution in [1.82, 2.24) is 9.88 Å². The molecule has 0 saturated heterocycles. The number of para-hydroxylation sites is 1. The summed E-state index contributed by atoms with van der Waals surface area (Å²) >= 11 is 0. The van der Waals surface area contributed by atoms with E-state index in [9.17, 15) is 19.5 Å². The van der Waals surface area contributed by atoms with Gasteiger partial charge in [0, 0.05) is 18.4 Å². The Morgan fingerprint density at radius 3 is 2.34 bits per heavy atom. The molecule has 0 saturated carbocycles. The van der Waals surface area contributed by atoms with Crippen LogP contribution in [0.1, 0.15) is 75.6 Å². The minimum absolute atomic E-state index is 0.206. The molecule has 0 spiro atoms. The maximum Gasteiger partial charge on any atom is 0.265 e. The number of rotatable bonds is 12. The zero-order valence-corrected chi connectivity index (χ0v) is 17.5. The summed E-state index contributed by atoms with van der Waals surface area (Å²) in [6, 6.07) is 6.92. The predicted molar refractivity (Wildman–Crippen MR) is 115 cm³/mol. The second kappa shape index (κ2) is 11.4. The second-order valence-corrected chi connectivity index (χ2v) is 7.36. The number of Topliss-reactive ketones (excluding diaryl/α,β-unsaturated/α-hetero) is 1. The van der Waals surface area contributed by atoms with Crippen LogP contribution in [0.5, 0.6) is 5.75 Å². The highest BCUT2D eigenvalue weighted by atomic mass is 16.3. The number of carbonyl (C=O) groups is 2. The van der Waals surface area contributed by atoms with Gasteiger partial charge in [-0.25, -0.2) is 0 Å². The van der Waals surface area contributed by atoms with E-state index in [4.69, 9.17) is 0 Å². The minimum atomic E-state index is -0.576. The van der Waals surface area contributed by atoms with Crippen molar-refractivity contribution in [2.45, 2.75) is 71.8 Å². The summed E-state index contributed by atoms with van der Waals surface area (Å²) in [4.78, 5) is 37.3. The van der Waals surface area contributed by atoms with Gasteiger partial charge in [-0.05, 0) is 25.5 Å². The normalized spacial score (nSPS) is 11.0. The van der Waals surface area contributed by atoms with Gasteiger partial charge in [0.2, 0.25) is 5.91 Å². The Balaban J connectivity index is 1.95. The third-order valence-electron chi connectivity index (χ3n) is 5.19. The molecule has 2 aromatic rings. The standard InChI is InChI=1S/C23H32N2O4/c1-3-5-6-7-8-9-10-15-20(27)24-16-19(26)21-22(28)17-13-11-12-14-18(17)25(4-2)23(21)29/h11-14,28H,3-10,15-16H2,1-2H3,(H,24,27). The van der Waals surface area contributed by atoms with Gasteiger partial charge in [-0.1, -0.05) is 57.6 Å². The number of aromatic hydroxyl groups is 1.